The van der Waals surface area contributed by atoms with Gasteiger partial charge < -0.3 is 25.8 Å². The Morgan fingerprint density at radius 3 is 2.19 bits per heavy atom. The summed E-state index contributed by atoms with van der Waals surface area (Å²) in [6, 6.07) is 12.8. The minimum absolute atomic E-state index is 0.0742. The van der Waals surface area contributed by atoms with E-state index in [9.17, 15) is 27.9 Å². The summed E-state index contributed by atoms with van der Waals surface area (Å²) in [6.45, 7) is 3.55. The third-order valence-electron chi connectivity index (χ3n) is 6.24. The van der Waals surface area contributed by atoms with Gasteiger partial charge in [0.2, 0.25) is 11.8 Å². The van der Waals surface area contributed by atoms with Gasteiger partial charge in [-0.05, 0) is 49.9 Å². The van der Waals surface area contributed by atoms with Gasteiger partial charge >= 0.3 is 6.18 Å². The number of likely N-dealkylation sites (tertiary alicyclic amines) is 1. The van der Waals surface area contributed by atoms with Crippen LogP contribution in [-0.4, -0.2) is 53.1 Å². The van der Waals surface area contributed by atoms with E-state index in [0.717, 1.165) is 17.7 Å². The first-order valence-corrected chi connectivity index (χ1v) is 11.7. The molecule has 1 atom stereocenters. The molecular weight excluding hydrogens is 475 g/mol. The highest BCUT2D eigenvalue weighted by Crippen LogP contribution is 2.35. The molecule has 1 fully saturated rings. The van der Waals surface area contributed by atoms with Crippen LogP contribution in [-0.2, 0) is 32.7 Å². The van der Waals surface area contributed by atoms with Gasteiger partial charge in [-0.1, -0.05) is 42.5 Å². The zero-order valence-electron chi connectivity index (χ0n) is 20.3. The van der Waals surface area contributed by atoms with Crippen molar-refractivity contribution >= 4 is 11.8 Å². The maximum absolute atomic E-state index is 13.3. The molecule has 0 bridgehead atoms. The summed E-state index contributed by atoms with van der Waals surface area (Å²) in [5.41, 5.74) is 3.80. The van der Waals surface area contributed by atoms with Gasteiger partial charge in [0.1, 0.15) is 6.04 Å². The molecule has 1 saturated heterocycles. The summed E-state index contributed by atoms with van der Waals surface area (Å²) in [7, 11) is 0. The first-order valence-electron chi connectivity index (χ1n) is 11.7. The number of nitrogens with zero attached hydrogens (tertiary/aromatic N) is 1. The average Bonchev–Trinajstić information content (AvgIpc) is 2.83. The van der Waals surface area contributed by atoms with E-state index in [1.807, 2.05) is 30.3 Å². The van der Waals surface area contributed by atoms with Gasteiger partial charge in [-0.2, -0.15) is 13.2 Å². The van der Waals surface area contributed by atoms with E-state index in [0.29, 0.717) is 5.56 Å². The van der Waals surface area contributed by atoms with Gasteiger partial charge in [0.25, 0.3) is 0 Å². The largest absolute Gasteiger partial charge is 0.416 e. The normalized spacial score (nSPS) is 16.9. The van der Waals surface area contributed by atoms with Crippen molar-refractivity contribution in [3.63, 3.8) is 0 Å². The number of halogens is 3. The van der Waals surface area contributed by atoms with Crippen LogP contribution in [0.1, 0.15) is 43.4 Å². The first-order chi connectivity index (χ1) is 16.8. The van der Waals surface area contributed by atoms with Crippen molar-refractivity contribution in [1.82, 2.24) is 10.2 Å². The van der Waals surface area contributed by atoms with Crippen LogP contribution in [0.2, 0.25) is 0 Å². The molecule has 36 heavy (non-hydrogen) atoms. The number of carbonyl (C=O) groups excluding carboxylic acids is 2. The highest BCUT2D eigenvalue weighted by Gasteiger charge is 2.39. The van der Waals surface area contributed by atoms with Crippen LogP contribution in [0.15, 0.2) is 54.6 Å². The van der Waals surface area contributed by atoms with E-state index in [-0.39, 0.29) is 45.1 Å². The SMILES string of the molecule is CC(C)(N)C(=O)N[C@H](COCc1ccccc1)C(=O)N1CCC(O)(c2ccc(C(F)(F)F)cc2)CC1. The summed E-state index contributed by atoms with van der Waals surface area (Å²) in [4.78, 5) is 27.3. The van der Waals surface area contributed by atoms with Gasteiger partial charge in [0.15, 0.2) is 0 Å². The number of nitrogens with one attached hydrogen (secondary N) is 1. The van der Waals surface area contributed by atoms with Crippen molar-refractivity contribution in [2.45, 2.75) is 56.7 Å². The molecule has 2 aromatic carbocycles. The second-order valence-electron chi connectivity index (χ2n) is 9.68. The fourth-order valence-electron chi connectivity index (χ4n) is 3.96. The second-order valence-corrected chi connectivity index (χ2v) is 9.68. The molecule has 196 valence electrons. The van der Waals surface area contributed by atoms with Crippen LogP contribution >= 0.6 is 0 Å². The van der Waals surface area contributed by atoms with E-state index in [1.165, 1.54) is 30.9 Å². The lowest BCUT2D eigenvalue weighted by atomic mass is 9.84. The molecule has 2 aromatic rings. The molecule has 0 aliphatic carbocycles. The number of alkyl halides is 3. The Morgan fingerprint density at radius 2 is 1.67 bits per heavy atom. The van der Waals surface area contributed by atoms with Crippen molar-refractivity contribution in [3.05, 3.63) is 71.3 Å². The second kappa shape index (κ2) is 11.0. The molecule has 0 aromatic heterocycles. The van der Waals surface area contributed by atoms with Crippen LogP contribution in [0.4, 0.5) is 13.2 Å². The van der Waals surface area contributed by atoms with Gasteiger partial charge in [-0.25, -0.2) is 0 Å². The van der Waals surface area contributed by atoms with Gasteiger partial charge in [-0.15, -0.1) is 0 Å². The lowest BCUT2D eigenvalue weighted by molar-refractivity contribution is -0.143. The number of amides is 2. The predicted octanol–water partition coefficient (Wildman–Crippen LogP) is 2.95. The molecule has 1 aliphatic rings. The molecule has 0 unspecified atom stereocenters. The third kappa shape index (κ3) is 7.05. The number of rotatable bonds is 8. The van der Waals surface area contributed by atoms with E-state index < -0.39 is 34.8 Å². The smallest absolute Gasteiger partial charge is 0.385 e. The standard InChI is InChI=1S/C26H32F3N3O4/c1-24(2,30)23(34)31-21(17-36-16-18-6-4-3-5-7-18)22(33)32-14-12-25(35,13-15-32)19-8-10-20(11-9-19)26(27,28)29/h3-11,21,35H,12-17,30H2,1-2H3,(H,31,34)/t21-/m1/s1. The van der Waals surface area contributed by atoms with Gasteiger partial charge in [-0.3, -0.25) is 9.59 Å². The molecule has 0 radical (unpaired) electrons. The van der Waals surface area contributed by atoms with Crippen molar-refractivity contribution in [1.29, 1.82) is 0 Å². The first kappa shape index (κ1) is 27.6. The number of benzene rings is 2. The summed E-state index contributed by atoms with van der Waals surface area (Å²) in [6.07, 6.45) is -4.19. The molecule has 4 N–H and O–H groups in total. The Balaban J connectivity index is 1.65. The molecular formula is C26H32F3N3O4. The minimum Gasteiger partial charge on any atom is -0.385 e. The van der Waals surface area contributed by atoms with Crippen molar-refractivity contribution in [2.24, 2.45) is 5.73 Å². The fourth-order valence-corrected chi connectivity index (χ4v) is 3.96. The Kier molecular flexibility index (Phi) is 8.43. The van der Waals surface area contributed by atoms with E-state index in [2.05, 4.69) is 5.32 Å². The third-order valence-corrected chi connectivity index (χ3v) is 6.24. The summed E-state index contributed by atoms with van der Waals surface area (Å²) < 4.78 is 44.3. The van der Waals surface area contributed by atoms with E-state index in [1.54, 1.807) is 0 Å². The Bertz CT molecular complexity index is 1030. The zero-order chi connectivity index (χ0) is 26.6. The van der Waals surface area contributed by atoms with Crippen molar-refractivity contribution in [3.8, 4) is 0 Å². The molecule has 2 amide bonds. The monoisotopic (exact) mass is 507 g/mol. The minimum atomic E-state index is -4.46. The molecule has 0 spiro atoms. The van der Waals surface area contributed by atoms with Gasteiger partial charge in [0, 0.05) is 13.1 Å². The lowest BCUT2D eigenvalue weighted by Crippen LogP contribution is -2.59. The molecule has 0 saturated carbocycles. The maximum atomic E-state index is 13.3. The number of aliphatic hydroxyl groups is 1. The molecule has 1 aliphatic heterocycles. The molecule has 1 heterocycles. The maximum Gasteiger partial charge on any atom is 0.416 e. The number of piperidine rings is 1. The quantitative estimate of drug-likeness (QED) is 0.510. The van der Waals surface area contributed by atoms with Crippen molar-refractivity contribution in [2.75, 3.05) is 19.7 Å². The summed E-state index contributed by atoms with van der Waals surface area (Å²) >= 11 is 0. The number of nitrogens with two attached hydrogens (primary N) is 1. The van der Waals surface area contributed by atoms with Crippen LogP contribution in [0.25, 0.3) is 0 Å². The number of hydrogen-bond acceptors (Lipinski definition) is 5. The Morgan fingerprint density at radius 1 is 1.08 bits per heavy atom. The van der Waals surface area contributed by atoms with E-state index >= 15 is 0 Å². The topological polar surface area (TPSA) is 105 Å². The molecule has 10 heteroatoms. The van der Waals surface area contributed by atoms with Gasteiger partial charge in [0.05, 0.1) is 29.9 Å². The summed E-state index contributed by atoms with van der Waals surface area (Å²) in [5, 5.41) is 13.7. The van der Waals surface area contributed by atoms with Crippen molar-refractivity contribution < 1.29 is 32.6 Å². The Labute approximate surface area is 208 Å². The van der Waals surface area contributed by atoms with Crippen LogP contribution in [0.3, 0.4) is 0 Å². The molecule has 7 nitrogen and oxygen atoms in total. The fraction of sp³-hybridized carbons (Fsp3) is 0.462. The molecule has 3 rings (SSSR count). The number of ether oxygens (including phenoxy) is 1. The number of hydrogen-bond donors (Lipinski definition) is 3. The lowest BCUT2D eigenvalue weighted by Gasteiger charge is -2.40. The van der Waals surface area contributed by atoms with Crippen LogP contribution in [0.5, 0.6) is 0 Å². The van der Waals surface area contributed by atoms with Crippen LogP contribution in [0, 0.1) is 0 Å². The predicted molar refractivity (Wildman–Crippen MR) is 127 cm³/mol. The van der Waals surface area contributed by atoms with E-state index in [4.69, 9.17) is 10.5 Å². The number of carbonyl (C=O) groups is 2. The highest BCUT2D eigenvalue weighted by atomic mass is 19.4. The average molecular weight is 508 g/mol. The van der Waals surface area contributed by atoms with Crippen LogP contribution < -0.4 is 11.1 Å². The highest BCUT2D eigenvalue weighted by molar-refractivity contribution is 5.91. The summed E-state index contributed by atoms with van der Waals surface area (Å²) in [5.74, 6) is -0.891. The Hall–Kier alpha value is -2.95. The zero-order valence-corrected chi connectivity index (χ0v) is 20.3.